The maximum Gasteiger partial charge on any atom is 0.292 e. The molecule has 0 aliphatic carbocycles. The van der Waals surface area contributed by atoms with Crippen molar-refractivity contribution >= 4 is 47.2 Å². The fourth-order valence-electron chi connectivity index (χ4n) is 2.11. The van der Waals surface area contributed by atoms with E-state index < -0.39 is 4.92 Å². The predicted octanol–water partition coefficient (Wildman–Crippen LogP) is 2.09. The molecule has 27 heavy (non-hydrogen) atoms. The maximum absolute atomic E-state index is 11.8. The molecule has 10 heteroatoms. The minimum atomic E-state index is -0.422. The summed E-state index contributed by atoms with van der Waals surface area (Å²) in [6.45, 7) is 9.28. The first-order valence-corrected chi connectivity index (χ1v) is 8.53. The summed E-state index contributed by atoms with van der Waals surface area (Å²) < 4.78 is 0. The number of nitro groups is 1. The van der Waals surface area contributed by atoms with E-state index in [0.29, 0.717) is 31.3 Å². The number of hydrogen-bond donors (Lipinski definition) is 4. The van der Waals surface area contributed by atoms with Gasteiger partial charge in [-0.25, -0.2) is 4.99 Å². The van der Waals surface area contributed by atoms with E-state index in [2.05, 4.69) is 26.3 Å². The van der Waals surface area contributed by atoms with Crippen LogP contribution in [0.2, 0.25) is 0 Å². The second kappa shape index (κ2) is 12.3. The number of hydrogen-bond acceptors (Lipinski definition) is 5. The molecule has 0 spiro atoms. The third-order valence-corrected chi connectivity index (χ3v) is 3.07. The van der Waals surface area contributed by atoms with Crippen LogP contribution in [0, 0.1) is 10.1 Å². The average molecular weight is 492 g/mol. The van der Waals surface area contributed by atoms with Gasteiger partial charge in [0.1, 0.15) is 12.2 Å². The third-order valence-electron chi connectivity index (χ3n) is 3.07. The molecule has 0 atom stereocenters. The second-order valence-electron chi connectivity index (χ2n) is 6.62. The lowest BCUT2D eigenvalue weighted by molar-refractivity contribution is -0.384. The summed E-state index contributed by atoms with van der Waals surface area (Å²) in [6, 6.07) is 6.48. The first-order valence-electron chi connectivity index (χ1n) is 8.53. The van der Waals surface area contributed by atoms with Gasteiger partial charge >= 0.3 is 0 Å². The molecule has 9 nitrogen and oxygen atoms in total. The Labute approximate surface area is 176 Å². The second-order valence-corrected chi connectivity index (χ2v) is 6.62. The van der Waals surface area contributed by atoms with Gasteiger partial charge in [-0.2, -0.15) is 0 Å². The first kappa shape index (κ1) is 24.9. The van der Waals surface area contributed by atoms with Crippen LogP contribution in [0.15, 0.2) is 29.3 Å². The number of anilines is 1. The van der Waals surface area contributed by atoms with Gasteiger partial charge in [-0.1, -0.05) is 12.1 Å². The highest BCUT2D eigenvalue weighted by Crippen LogP contribution is 2.22. The van der Waals surface area contributed by atoms with Crippen LogP contribution in [-0.2, 0) is 4.79 Å². The number of para-hydroxylation sites is 2. The van der Waals surface area contributed by atoms with Crippen LogP contribution in [0.5, 0.6) is 0 Å². The molecule has 0 aromatic heterocycles. The van der Waals surface area contributed by atoms with Gasteiger partial charge in [0, 0.05) is 31.2 Å². The normalized spacial score (nSPS) is 11.2. The van der Waals surface area contributed by atoms with E-state index in [0.717, 1.165) is 0 Å². The predicted molar refractivity (Wildman–Crippen MR) is 119 cm³/mol. The van der Waals surface area contributed by atoms with E-state index in [4.69, 9.17) is 0 Å². The maximum atomic E-state index is 11.8. The van der Waals surface area contributed by atoms with E-state index in [-0.39, 0.29) is 47.7 Å². The van der Waals surface area contributed by atoms with Crippen molar-refractivity contribution in [2.45, 2.75) is 33.2 Å². The lowest BCUT2D eigenvalue weighted by Crippen LogP contribution is -2.43. The number of aliphatic imine (C=N–C) groups is 1. The number of nitrogens with zero attached hydrogens (tertiary/aromatic N) is 2. The minimum Gasteiger partial charge on any atom is -0.378 e. The quantitative estimate of drug-likeness (QED) is 0.110. The van der Waals surface area contributed by atoms with Crippen molar-refractivity contribution in [2.75, 3.05) is 31.5 Å². The summed E-state index contributed by atoms with van der Waals surface area (Å²) in [4.78, 5) is 26.6. The molecule has 0 aliphatic heterocycles. The molecule has 152 valence electrons. The molecule has 0 radical (unpaired) electrons. The number of nitrogens with one attached hydrogen (secondary N) is 4. The van der Waals surface area contributed by atoms with Crippen molar-refractivity contribution in [3.63, 3.8) is 0 Å². The molecule has 1 aromatic rings. The fraction of sp³-hybridized carbons (Fsp3) is 0.529. The Kier molecular flexibility index (Phi) is 11.3. The molecular weight excluding hydrogens is 463 g/mol. The van der Waals surface area contributed by atoms with Crippen LogP contribution in [0.25, 0.3) is 0 Å². The van der Waals surface area contributed by atoms with E-state index in [9.17, 15) is 14.9 Å². The lowest BCUT2D eigenvalue weighted by atomic mass is 10.1. The number of guanidine groups is 1. The summed E-state index contributed by atoms with van der Waals surface area (Å²) in [7, 11) is 0. The molecular formula is C17H29IN6O3. The average Bonchev–Trinajstić information content (AvgIpc) is 2.55. The highest BCUT2D eigenvalue weighted by molar-refractivity contribution is 14.0. The molecule has 0 unspecified atom stereocenters. The number of carbonyl (C=O) groups excluding carboxylic acids is 1. The van der Waals surface area contributed by atoms with Crippen molar-refractivity contribution in [3.05, 3.63) is 34.4 Å². The highest BCUT2D eigenvalue weighted by atomic mass is 127. The largest absolute Gasteiger partial charge is 0.378 e. The topological polar surface area (TPSA) is 121 Å². The summed E-state index contributed by atoms with van der Waals surface area (Å²) in [5.41, 5.74) is 0.199. The van der Waals surface area contributed by atoms with Gasteiger partial charge < -0.3 is 21.3 Å². The summed E-state index contributed by atoms with van der Waals surface area (Å²) >= 11 is 0. The molecule has 0 fully saturated rings. The van der Waals surface area contributed by atoms with Crippen LogP contribution in [-0.4, -0.2) is 48.5 Å². The van der Waals surface area contributed by atoms with Crippen LogP contribution in [0.4, 0.5) is 11.4 Å². The smallest absolute Gasteiger partial charge is 0.292 e. The van der Waals surface area contributed by atoms with Gasteiger partial charge in [0.15, 0.2) is 5.96 Å². The summed E-state index contributed by atoms with van der Waals surface area (Å²) in [5.74, 6) is 0.355. The molecule has 1 rings (SSSR count). The van der Waals surface area contributed by atoms with Gasteiger partial charge in [-0.15, -0.1) is 24.0 Å². The van der Waals surface area contributed by atoms with Crippen LogP contribution in [0.1, 0.15) is 27.7 Å². The first-order chi connectivity index (χ1) is 12.2. The number of amides is 1. The van der Waals surface area contributed by atoms with Crippen molar-refractivity contribution in [2.24, 2.45) is 4.99 Å². The Morgan fingerprint density at radius 3 is 2.44 bits per heavy atom. The van der Waals surface area contributed by atoms with Gasteiger partial charge in [0.05, 0.1) is 4.92 Å². The zero-order chi connectivity index (χ0) is 19.6. The molecule has 1 amide bonds. The number of benzene rings is 1. The monoisotopic (exact) mass is 492 g/mol. The summed E-state index contributed by atoms with van der Waals surface area (Å²) in [6.07, 6.45) is 0. The minimum absolute atomic E-state index is 0. The Morgan fingerprint density at radius 1 is 1.19 bits per heavy atom. The Balaban J connectivity index is 0.00000676. The van der Waals surface area contributed by atoms with Crippen molar-refractivity contribution in [1.29, 1.82) is 0 Å². The zero-order valence-corrected chi connectivity index (χ0v) is 18.5. The van der Waals surface area contributed by atoms with Gasteiger partial charge in [-0.3, -0.25) is 14.9 Å². The molecule has 0 heterocycles. The lowest BCUT2D eigenvalue weighted by Gasteiger charge is -2.20. The van der Waals surface area contributed by atoms with E-state index >= 15 is 0 Å². The van der Waals surface area contributed by atoms with E-state index in [1.165, 1.54) is 6.07 Å². The SMILES string of the molecule is CCNC(=NCC(=O)NC(C)(C)C)NCCNc1ccccc1[N+](=O)[O-].I. The molecule has 4 N–H and O–H groups in total. The Hall–Kier alpha value is -2.11. The van der Waals surface area contributed by atoms with E-state index in [1.54, 1.807) is 18.2 Å². The van der Waals surface area contributed by atoms with Crippen molar-refractivity contribution in [3.8, 4) is 0 Å². The zero-order valence-electron chi connectivity index (χ0n) is 16.2. The highest BCUT2D eigenvalue weighted by Gasteiger charge is 2.13. The van der Waals surface area contributed by atoms with Gasteiger partial charge in [0.25, 0.3) is 5.69 Å². The van der Waals surface area contributed by atoms with Crippen LogP contribution in [0.3, 0.4) is 0 Å². The van der Waals surface area contributed by atoms with Gasteiger partial charge in [0.2, 0.25) is 5.91 Å². The number of nitro benzene ring substituents is 1. The van der Waals surface area contributed by atoms with Crippen LogP contribution >= 0.6 is 24.0 Å². The molecule has 0 bridgehead atoms. The van der Waals surface area contributed by atoms with E-state index in [1.807, 2.05) is 27.7 Å². The Bertz CT molecular complexity index is 646. The molecule has 0 saturated carbocycles. The molecule has 0 aliphatic rings. The van der Waals surface area contributed by atoms with Crippen molar-refractivity contribution in [1.82, 2.24) is 16.0 Å². The molecule has 0 saturated heterocycles. The number of halogens is 1. The van der Waals surface area contributed by atoms with Crippen molar-refractivity contribution < 1.29 is 9.72 Å². The Morgan fingerprint density at radius 2 is 1.85 bits per heavy atom. The number of carbonyl (C=O) groups is 1. The fourth-order valence-corrected chi connectivity index (χ4v) is 2.11. The molecule has 1 aromatic carbocycles. The summed E-state index contributed by atoms with van der Waals surface area (Å²) in [5, 5.41) is 23.0. The number of rotatable bonds is 8. The standard InChI is InChI=1S/C17H28N6O3.HI/c1-5-18-16(21-12-15(24)22-17(2,3)4)20-11-10-19-13-8-6-7-9-14(13)23(25)26;/h6-9,19H,5,10-12H2,1-4H3,(H,22,24)(H2,18,20,21);1H. The third kappa shape index (κ3) is 10.6. The van der Waals surface area contributed by atoms with Crippen LogP contribution < -0.4 is 21.3 Å². The van der Waals surface area contributed by atoms with Gasteiger partial charge in [-0.05, 0) is 33.8 Å².